The summed E-state index contributed by atoms with van der Waals surface area (Å²) in [4.78, 5) is 12.1. The first kappa shape index (κ1) is 12.1. The lowest BCUT2D eigenvalue weighted by molar-refractivity contribution is -0.115. The van der Waals surface area contributed by atoms with Crippen molar-refractivity contribution >= 4 is 23.4 Å². The molecule has 1 saturated heterocycles. The molecule has 2 aliphatic rings. The maximum atomic E-state index is 12.1. The van der Waals surface area contributed by atoms with Crippen LogP contribution in [0.1, 0.15) is 24.0 Å². The molecule has 1 atom stereocenters. The highest BCUT2D eigenvalue weighted by molar-refractivity contribution is 8.00. The number of rotatable bonds is 2. The van der Waals surface area contributed by atoms with Crippen molar-refractivity contribution in [2.45, 2.75) is 31.1 Å². The van der Waals surface area contributed by atoms with Gasteiger partial charge in [0.15, 0.2) is 0 Å². The molecule has 0 saturated carbocycles. The molecule has 1 aromatic rings. The molecule has 0 aromatic heterocycles. The lowest BCUT2D eigenvalue weighted by Gasteiger charge is -2.21. The number of carbonyl (C=O) groups is 1. The molecule has 96 valence electrons. The summed E-state index contributed by atoms with van der Waals surface area (Å²) >= 11 is 1.78. The van der Waals surface area contributed by atoms with Gasteiger partial charge in [-0.2, -0.15) is 0 Å². The van der Waals surface area contributed by atoms with Gasteiger partial charge in [-0.05, 0) is 48.8 Å². The summed E-state index contributed by atoms with van der Waals surface area (Å²) in [6.45, 7) is 1.90. The molecule has 2 aliphatic heterocycles. The van der Waals surface area contributed by atoms with Gasteiger partial charge in [-0.15, -0.1) is 11.8 Å². The van der Waals surface area contributed by atoms with Crippen molar-refractivity contribution in [1.82, 2.24) is 5.32 Å². The molecule has 4 heteroatoms. The minimum absolute atomic E-state index is 0.150. The molecule has 0 spiro atoms. The Morgan fingerprint density at radius 3 is 3.22 bits per heavy atom. The van der Waals surface area contributed by atoms with E-state index >= 15 is 0 Å². The van der Waals surface area contributed by atoms with Crippen LogP contribution in [0, 0.1) is 0 Å². The molecule has 1 aromatic carbocycles. The molecular formula is C14H18N2OS. The predicted octanol–water partition coefficient (Wildman–Crippen LogP) is 2.17. The Balaban J connectivity index is 1.77. The predicted molar refractivity (Wildman–Crippen MR) is 76.0 cm³/mol. The Bertz CT molecular complexity index is 455. The van der Waals surface area contributed by atoms with E-state index in [1.165, 1.54) is 11.1 Å². The highest BCUT2D eigenvalue weighted by Crippen LogP contribution is 2.29. The fourth-order valence-corrected chi connectivity index (χ4v) is 3.79. The van der Waals surface area contributed by atoms with Gasteiger partial charge >= 0.3 is 0 Å². The van der Waals surface area contributed by atoms with Crippen LogP contribution in [0.5, 0.6) is 0 Å². The van der Waals surface area contributed by atoms with Gasteiger partial charge in [-0.3, -0.25) is 4.79 Å². The average molecular weight is 262 g/mol. The number of hydrogen-bond donors (Lipinski definition) is 2. The van der Waals surface area contributed by atoms with Gasteiger partial charge in [0.1, 0.15) is 0 Å². The van der Waals surface area contributed by atoms with Crippen LogP contribution < -0.4 is 10.6 Å². The van der Waals surface area contributed by atoms with Crippen molar-refractivity contribution in [3.05, 3.63) is 29.3 Å². The van der Waals surface area contributed by atoms with Crippen LogP contribution in [-0.2, 0) is 17.8 Å². The van der Waals surface area contributed by atoms with Gasteiger partial charge < -0.3 is 10.6 Å². The molecule has 0 aliphatic carbocycles. The molecule has 2 N–H and O–H groups in total. The maximum absolute atomic E-state index is 12.1. The van der Waals surface area contributed by atoms with Crippen LogP contribution in [0.4, 0.5) is 5.69 Å². The summed E-state index contributed by atoms with van der Waals surface area (Å²) in [6, 6.07) is 6.22. The molecule has 1 amide bonds. The van der Waals surface area contributed by atoms with Gasteiger partial charge in [0.2, 0.25) is 5.91 Å². The number of anilines is 1. The van der Waals surface area contributed by atoms with Crippen molar-refractivity contribution < 1.29 is 4.79 Å². The van der Waals surface area contributed by atoms with Gasteiger partial charge in [0.05, 0.1) is 5.25 Å². The van der Waals surface area contributed by atoms with Crippen LogP contribution in [0.3, 0.4) is 0 Å². The zero-order valence-electron chi connectivity index (χ0n) is 10.4. The fourth-order valence-electron chi connectivity index (χ4n) is 2.63. The number of thioether (sulfide) groups is 1. The molecule has 0 radical (unpaired) electrons. The zero-order chi connectivity index (χ0) is 12.4. The molecular weight excluding hydrogens is 244 g/mol. The normalized spacial score (nSPS) is 22.6. The molecule has 1 unspecified atom stereocenters. The molecule has 2 heterocycles. The third-order valence-corrected chi connectivity index (χ3v) is 5.00. The second kappa shape index (κ2) is 5.33. The summed E-state index contributed by atoms with van der Waals surface area (Å²) < 4.78 is 0. The quantitative estimate of drug-likeness (QED) is 0.858. The number of hydrogen-bond acceptors (Lipinski definition) is 3. The zero-order valence-corrected chi connectivity index (χ0v) is 11.2. The van der Waals surface area contributed by atoms with Crippen molar-refractivity contribution in [2.24, 2.45) is 0 Å². The van der Waals surface area contributed by atoms with E-state index in [2.05, 4.69) is 16.7 Å². The van der Waals surface area contributed by atoms with Gasteiger partial charge in [0, 0.05) is 12.2 Å². The summed E-state index contributed by atoms with van der Waals surface area (Å²) in [7, 11) is 0. The second-order valence-corrected chi connectivity index (χ2v) is 6.17. The minimum Gasteiger partial charge on any atom is -0.325 e. The van der Waals surface area contributed by atoms with E-state index in [4.69, 9.17) is 0 Å². The molecule has 18 heavy (non-hydrogen) atoms. The number of amides is 1. The number of fused-ring (bicyclic) bond motifs is 1. The van der Waals surface area contributed by atoms with Crippen molar-refractivity contribution in [3.63, 3.8) is 0 Å². The smallest absolute Gasteiger partial charge is 0.237 e. The first-order valence-electron chi connectivity index (χ1n) is 6.58. The van der Waals surface area contributed by atoms with Crippen LogP contribution in [0.2, 0.25) is 0 Å². The third-order valence-electron chi connectivity index (χ3n) is 3.63. The summed E-state index contributed by atoms with van der Waals surface area (Å²) in [6.07, 6.45) is 3.23. The third kappa shape index (κ3) is 2.40. The first-order valence-corrected chi connectivity index (χ1v) is 7.63. The van der Waals surface area contributed by atoms with Crippen LogP contribution in [0.25, 0.3) is 0 Å². The van der Waals surface area contributed by atoms with Crippen molar-refractivity contribution in [3.8, 4) is 0 Å². The summed E-state index contributed by atoms with van der Waals surface area (Å²) in [5.74, 6) is 1.29. The Morgan fingerprint density at radius 2 is 2.39 bits per heavy atom. The van der Waals surface area contributed by atoms with Gasteiger partial charge in [-0.25, -0.2) is 0 Å². The van der Waals surface area contributed by atoms with E-state index in [1.54, 1.807) is 11.8 Å². The highest BCUT2D eigenvalue weighted by atomic mass is 32.2. The summed E-state index contributed by atoms with van der Waals surface area (Å²) in [5.41, 5.74) is 3.63. The number of carbonyl (C=O) groups excluding carboxylic acids is 1. The SMILES string of the molecule is O=C(Nc1cccc2c1CNCC2)C1CCCS1. The Hall–Kier alpha value is -1.00. The van der Waals surface area contributed by atoms with E-state index in [0.29, 0.717) is 0 Å². The van der Waals surface area contributed by atoms with Gasteiger partial charge in [0.25, 0.3) is 0 Å². The van der Waals surface area contributed by atoms with E-state index in [9.17, 15) is 4.79 Å². The van der Waals surface area contributed by atoms with Crippen LogP contribution >= 0.6 is 11.8 Å². The largest absolute Gasteiger partial charge is 0.325 e. The Kier molecular flexibility index (Phi) is 3.57. The Labute approximate surface area is 112 Å². The second-order valence-electron chi connectivity index (χ2n) is 4.86. The minimum atomic E-state index is 0.150. The molecule has 3 nitrogen and oxygen atoms in total. The maximum Gasteiger partial charge on any atom is 0.237 e. The average Bonchev–Trinajstić information content (AvgIpc) is 2.93. The van der Waals surface area contributed by atoms with Crippen LogP contribution in [0.15, 0.2) is 18.2 Å². The first-order chi connectivity index (χ1) is 8.84. The standard InChI is InChI=1S/C14H18N2OS/c17-14(13-5-2-8-18-13)16-12-4-1-3-10-6-7-15-9-11(10)12/h1,3-4,13,15H,2,5-9H2,(H,16,17). The monoisotopic (exact) mass is 262 g/mol. The van der Waals surface area contributed by atoms with E-state index in [0.717, 1.165) is 43.8 Å². The highest BCUT2D eigenvalue weighted by Gasteiger charge is 2.24. The van der Waals surface area contributed by atoms with Crippen LogP contribution in [-0.4, -0.2) is 23.5 Å². The molecule has 0 bridgehead atoms. The lowest BCUT2D eigenvalue weighted by atomic mass is 9.99. The lowest BCUT2D eigenvalue weighted by Crippen LogP contribution is -2.27. The fraction of sp³-hybridized carbons (Fsp3) is 0.500. The van der Waals surface area contributed by atoms with Crippen molar-refractivity contribution in [2.75, 3.05) is 17.6 Å². The number of benzene rings is 1. The van der Waals surface area contributed by atoms with E-state index in [1.807, 2.05) is 12.1 Å². The van der Waals surface area contributed by atoms with E-state index < -0.39 is 0 Å². The van der Waals surface area contributed by atoms with E-state index in [-0.39, 0.29) is 11.2 Å². The topological polar surface area (TPSA) is 41.1 Å². The summed E-state index contributed by atoms with van der Waals surface area (Å²) in [5, 5.41) is 6.63. The van der Waals surface area contributed by atoms with Crippen molar-refractivity contribution in [1.29, 1.82) is 0 Å². The van der Waals surface area contributed by atoms with Gasteiger partial charge in [-0.1, -0.05) is 12.1 Å². The number of nitrogens with one attached hydrogen (secondary N) is 2. The molecule has 3 rings (SSSR count). The Morgan fingerprint density at radius 1 is 1.44 bits per heavy atom. The molecule has 1 fully saturated rings.